The van der Waals surface area contributed by atoms with Crippen LogP contribution in [-0.2, 0) is 59.2 Å². The average Bonchev–Trinajstić information content (AvgIpc) is 3.40. The number of aliphatic hydroxyl groups excluding tert-OH is 1. The van der Waals surface area contributed by atoms with E-state index < -0.39 is 144 Å². The van der Waals surface area contributed by atoms with Gasteiger partial charge in [0, 0.05) is 68.7 Å². The van der Waals surface area contributed by atoms with Crippen molar-refractivity contribution in [2.24, 2.45) is 86.6 Å². The summed E-state index contributed by atoms with van der Waals surface area (Å²) in [5.74, 6) is -12.7. The van der Waals surface area contributed by atoms with E-state index in [0.717, 1.165) is 0 Å². The minimum Gasteiger partial charge on any atom is -0.508 e. The normalized spacial score (nSPS) is 14.6. The zero-order valence-electron chi connectivity index (χ0n) is 48.8. The van der Waals surface area contributed by atoms with Crippen LogP contribution in [-0.4, -0.2) is 131 Å². The van der Waals surface area contributed by atoms with E-state index in [2.05, 4.69) is 26.3 Å². The number of Topliss-reactive ketones (excluding diaryl/α,β-unsaturated/α-hetero) is 4. The van der Waals surface area contributed by atoms with Gasteiger partial charge in [0.15, 0.2) is 29.1 Å². The van der Waals surface area contributed by atoms with E-state index in [-0.39, 0.29) is 114 Å². The van der Waals surface area contributed by atoms with Gasteiger partial charge in [-0.05, 0) is 120 Å². The second-order valence-electron chi connectivity index (χ2n) is 22.4. The molecule has 0 aliphatic carbocycles. The maximum absolute atomic E-state index is 14.7. The third-order valence-electron chi connectivity index (χ3n) is 14.1. The van der Waals surface area contributed by atoms with Crippen LogP contribution < -0.4 is 61.4 Å². The lowest BCUT2D eigenvalue weighted by Crippen LogP contribution is -2.49. The summed E-state index contributed by atoms with van der Waals surface area (Å²) in [4.78, 5) is 153. The van der Waals surface area contributed by atoms with Crippen molar-refractivity contribution in [1.82, 2.24) is 21.3 Å². The van der Waals surface area contributed by atoms with Crippen molar-refractivity contribution in [3.63, 3.8) is 0 Å². The number of aliphatic hydroxyl groups is 1. The number of amides is 7. The molecule has 25 nitrogen and oxygen atoms in total. The molecule has 1 rings (SSSR count). The molecule has 0 radical (unpaired) electrons. The van der Waals surface area contributed by atoms with Gasteiger partial charge >= 0.3 is 0 Å². The van der Waals surface area contributed by atoms with Gasteiger partial charge in [0.2, 0.25) is 41.4 Å². The number of carbonyl (C=O) groups is 11. The van der Waals surface area contributed by atoms with Crippen LogP contribution in [0.2, 0.25) is 0 Å². The van der Waals surface area contributed by atoms with Crippen molar-refractivity contribution in [3.8, 4) is 5.75 Å². The molecule has 0 saturated heterocycles. The van der Waals surface area contributed by atoms with Crippen LogP contribution in [0.15, 0.2) is 29.3 Å². The Morgan fingerprint density at radius 3 is 1.41 bits per heavy atom. The fourth-order valence-corrected chi connectivity index (χ4v) is 9.32. The third kappa shape index (κ3) is 30.3. The summed E-state index contributed by atoms with van der Waals surface area (Å²) in [5, 5.41) is 30.8. The monoisotopic (exact) mass is 1160 g/mol. The number of primary amides is 3. The standard InChI is InChI=1S/C57H96N12O13/c1-33(2)25-38(55(81)67-42(12-7-9-23-59)48(74)31-40(32-70)52(62)78)29-49(75)45(26-34(3)4)69-54(80)37(11-6-8-22-58)28-46(72)43(13-10-24-65-57(63)64)68-56(82)39(27-36-15-17-41(71)18-16-36)30-47(73)44(19-21-51(61)77)66-53(79)35(5)14-20-50(60)76/h15-18,33-35,37-40,42-45,70-71H,6-14,19-32,58-59H2,1-5H3,(H2,60,76)(H2,61,77)(H2,62,78)(H,66,79)(H,67,81)(H,68,82)(H,69,80)(H4,63,64,65)/t35-,37+,38+,39+,40-,42-,43-,44-,45-/m0/s1. The quantitative estimate of drug-likeness (QED) is 0.0236. The third-order valence-corrected chi connectivity index (χ3v) is 14.1. The topological polar surface area (TPSA) is 471 Å². The first-order chi connectivity index (χ1) is 38.6. The molecule has 0 aliphatic rings. The molecule has 0 aromatic heterocycles. The van der Waals surface area contributed by atoms with E-state index in [1.165, 1.54) is 19.1 Å². The van der Waals surface area contributed by atoms with Crippen LogP contribution >= 0.6 is 0 Å². The van der Waals surface area contributed by atoms with Gasteiger partial charge in [0.25, 0.3) is 0 Å². The molecule has 0 bridgehead atoms. The minimum absolute atomic E-state index is 0.0285. The van der Waals surface area contributed by atoms with E-state index in [0.29, 0.717) is 37.8 Å². The van der Waals surface area contributed by atoms with E-state index in [4.69, 9.17) is 40.1 Å². The van der Waals surface area contributed by atoms with Crippen molar-refractivity contribution < 1.29 is 63.0 Å². The Morgan fingerprint density at radius 2 is 0.915 bits per heavy atom. The van der Waals surface area contributed by atoms with Gasteiger partial charge in [0.1, 0.15) is 5.75 Å². The second kappa shape index (κ2) is 39.6. The number of aromatic hydroxyl groups is 1. The number of benzene rings is 1. The fraction of sp³-hybridized carbons (Fsp3) is 0.684. The number of guanidine groups is 1. The molecule has 0 fully saturated rings. The molecular weight excluding hydrogens is 1060 g/mol. The lowest BCUT2D eigenvalue weighted by Gasteiger charge is -2.27. The molecule has 9 atom stereocenters. The van der Waals surface area contributed by atoms with E-state index in [1.807, 2.05) is 27.7 Å². The first-order valence-corrected chi connectivity index (χ1v) is 28.6. The first-order valence-electron chi connectivity index (χ1n) is 28.6. The molecule has 0 aliphatic heterocycles. The van der Waals surface area contributed by atoms with Gasteiger partial charge in [-0.3, -0.25) is 57.7 Å². The number of nitrogens with two attached hydrogens (primary N) is 7. The molecule has 0 spiro atoms. The molecule has 462 valence electrons. The number of nitrogens with one attached hydrogen (secondary N) is 4. The number of phenolic OH excluding ortho intramolecular Hbond substituents is 1. The number of carbonyl (C=O) groups excluding carboxylic acids is 11. The van der Waals surface area contributed by atoms with Gasteiger partial charge in [-0.1, -0.05) is 53.2 Å². The van der Waals surface area contributed by atoms with Crippen molar-refractivity contribution in [1.29, 1.82) is 0 Å². The highest BCUT2D eigenvalue weighted by Crippen LogP contribution is 2.24. The van der Waals surface area contributed by atoms with Gasteiger partial charge in [-0.25, -0.2) is 0 Å². The highest BCUT2D eigenvalue weighted by atomic mass is 16.3. The van der Waals surface area contributed by atoms with Crippen LogP contribution in [0.25, 0.3) is 0 Å². The summed E-state index contributed by atoms with van der Waals surface area (Å²) in [6.45, 7) is 8.94. The fourth-order valence-electron chi connectivity index (χ4n) is 9.32. The van der Waals surface area contributed by atoms with Crippen molar-refractivity contribution in [3.05, 3.63) is 29.8 Å². The second-order valence-corrected chi connectivity index (χ2v) is 22.4. The Labute approximate surface area is 482 Å². The Balaban J connectivity index is 3.72. The summed E-state index contributed by atoms with van der Waals surface area (Å²) in [6.07, 6.45) is 0.442. The van der Waals surface area contributed by atoms with Gasteiger partial charge in [-0.2, -0.15) is 0 Å². The number of rotatable bonds is 46. The summed E-state index contributed by atoms with van der Waals surface area (Å²) >= 11 is 0. The molecule has 1 aromatic carbocycles. The number of nitrogens with zero attached hydrogens (tertiary/aromatic N) is 1. The first kappa shape index (κ1) is 73.2. The molecule has 0 unspecified atom stereocenters. The smallest absolute Gasteiger partial charge is 0.224 e. The van der Waals surface area contributed by atoms with Crippen LogP contribution in [0.4, 0.5) is 0 Å². The summed E-state index contributed by atoms with van der Waals surface area (Å²) < 4.78 is 0. The van der Waals surface area contributed by atoms with Crippen LogP contribution in [0.3, 0.4) is 0 Å². The molecule has 1 aromatic rings. The van der Waals surface area contributed by atoms with E-state index >= 15 is 0 Å². The average molecular weight is 1160 g/mol. The molecule has 82 heavy (non-hydrogen) atoms. The van der Waals surface area contributed by atoms with Crippen LogP contribution in [0.5, 0.6) is 5.75 Å². The highest BCUT2D eigenvalue weighted by Gasteiger charge is 2.36. The lowest BCUT2D eigenvalue weighted by atomic mass is 9.86. The van der Waals surface area contributed by atoms with Crippen LogP contribution in [0, 0.1) is 41.4 Å². The zero-order chi connectivity index (χ0) is 62.1. The number of ketones is 4. The Bertz CT molecular complexity index is 2280. The molecule has 25 heteroatoms. The molecule has 7 amide bonds. The lowest BCUT2D eigenvalue weighted by molar-refractivity contribution is -0.136. The number of aliphatic imine (C=N–C) groups is 1. The maximum Gasteiger partial charge on any atom is 0.224 e. The number of hydrogen-bond acceptors (Lipinski definition) is 16. The highest BCUT2D eigenvalue weighted by molar-refractivity contribution is 5.98. The SMILES string of the molecule is CC(C)C[C@H](CC(=O)[C@H](CC(C)C)NC(=O)[C@H](CCCCN)CC(=O)[C@H](CCCN=C(N)N)NC(=O)[C@@H](CC(=O)[C@H](CCC(N)=O)NC(=O)[C@@H](C)CCC(N)=O)Cc1ccc(O)cc1)C(=O)N[C@@H](CCCCN)C(=O)C[C@@H](CO)C(N)=O. The van der Waals surface area contributed by atoms with Crippen LogP contribution in [0.1, 0.15) is 156 Å². The number of phenols is 1. The summed E-state index contributed by atoms with van der Waals surface area (Å²) in [6, 6.07) is 1.11. The number of unbranched alkanes of at least 4 members (excludes halogenated alkanes) is 2. The molecular formula is C57H96N12O13. The largest absolute Gasteiger partial charge is 0.508 e. The molecule has 0 heterocycles. The Hall–Kier alpha value is -6.86. The van der Waals surface area contributed by atoms with E-state index in [9.17, 15) is 63.0 Å². The predicted octanol–water partition coefficient (Wildman–Crippen LogP) is 0.224. The summed E-state index contributed by atoms with van der Waals surface area (Å²) in [5.41, 5.74) is 39.3. The van der Waals surface area contributed by atoms with Gasteiger partial charge in [-0.15, -0.1) is 0 Å². The predicted molar refractivity (Wildman–Crippen MR) is 309 cm³/mol. The van der Waals surface area contributed by atoms with Gasteiger partial charge in [0.05, 0.1) is 36.7 Å². The summed E-state index contributed by atoms with van der Waals surface area (Å²) in [7, 11) is 0. The van der Waals surface area contributed by atoms with Crippen molar-refractivity contribution >= 4 is 70.4 Å². The van der Waals surface area contributed by atoms with E-state index in [1.54, 1.807) is 12.1 Å². The number of hydrogen-bond donors (Lipinski definition) is 13. The molecule has 20 N–H and O–H groups in total. The Morgan fingerprint density at radius 1 is 0.488 bits per heavy atom. The zero-order valence-corrected chi connectivity index (χ0v) is 48.8. The van der Waals surface area contributed by atoms with Gasteiger partial charge < -0.3 is 71.6 Å². The minimum atomic E-state index is -1.29. The Kier molecular flexibility index (Phi) is 35.3. The van der Waals surface area contributed by atoms with Crippen molar-refractivity contribution in [2.75, 3.05) is 26.2 Å². The maximum atomic E-state index is 14.7. The molecule has 0 saturated carbocycles. The van der Waals surface area contributed by atoms with Crippen molar-refractivity contribution in [2.45, 2.75) is 181 Å².